The number of benzene rings is 4. The van der Waals surface area contributed by atoms with Crippen LogP contribution in [0, 0.1) is 24.5 Å². The van der Waals surface area contributed by atoms with E-state index < -0.39 is 8.07 Å². The average Bonchev–Trinajstić information content (AvgIpc) is 3.08. The third kappa shape index (κ3) is 9.14. The molecular weight excluding hydrogens is 777 g/mol. The molecule has 0 aliphatic heterocycles. The van der Waals surface area contributed by atoms with Crippen molar-refractivity contribution in [1.82, 2.24) is 9.97 Å². The summed E-state index contributed by atoms with van der Waals surface area (Å²) in [7, 11) is -1.42. The molecule has 6 aromatic rings. The zero-order valence-electron chi connectivity index (χ0n) is 29.4. The van der Waals surface area contributed by atoms with Gasteiger partial charge in [0.15, 0.2) is 0 Å². The molecule has 1 unspecified atom stereocenters. The molecule has 1 radical (unpaired) electrons. The number of aromatic nitrogens is 2. The molecule has 0 saturated carbocycles. The fourth-order valence-electron chi connectivity index (χ4n) is 5.63. The maximum absolute atomic E-state index is 4.74. The monoisotopic (exact) mass is 823 g/mol. The zero-order valence-corrected chi connectivity index (χ0v) is 32.8. The minimum absolute atomic E-state index is 0. The van der Waals surface area contributed by atoms with Crippen LogP contribution in [0.2, 0.25) is 19.6 Å². The van der Waals surface area contributed by atoms with E-state index in [0.717, 1.165) is 22.5 Å². The normalized spacial score (nSPS) is 11.9. The van der Waals surface area contributed by atoms with Gasteiger partial charge in [0, 0.05) is 32.5 Å². The summed E-state index contributed by atoms with van der Waals surface area (Å²) in [5.41, 5.74) is 11.8. The second-order valence-corrected chi connectivity index (χ2v) is 19.4. The van der Waals surface area contributed by atoms with Crippen molar-refractivity contribution in [2.45, 2.75) is 60.2 Å². The fraction of sp³-hybridized carbons (Fsp3) is 0.227. The van der Waals surface area contributed by atoms with E-state index in [2.05, 4.69) is 144 Å². The van der Waals surface area contributed by atoms with E-state index in [1.165, 1.54) is 38.6 Å². The summed E-state index contributed by atoms with van der Waals surface area (Å²) in [5, 5.41) is 1.48. The Bertz CT molecular complexity index is 1890. The van der Waals surface area contributed by atoms with Gasteiger partial charge in [-0.15, -0.1) is 71.8 Å². The van der Waals surface area contributed by atoms with Crippen LogP contribution in [0.15, 0.2) is 128 Å². The summed E-state index contributed by atoms with van der Waals surface area (Å²) in [4.78, 5) is 9.31. The van der Waals surface area contributed by atoms with E-state index in [1.807, 2.05) is 54.7 Å². The second-order valence-electron chi connectivity index (χ2n) is 14.4. The molecule has 0 bridgehead atoms. The molecule has 48 heavy (non-hydrogen) atoms. The molecule has 0 spiro atoms. The number of aryl methyl sites for hydroxylation is 1. The Kier molecular flexibility index (Phi) is 12.3. The Morgan fingerprint density at radius 1 is 0.625 bits per heavy atom. The van der Waals surface area contributed by atoms with E-state index >= 15 is 0 Å². The van der Waals surface area contributed by atoms with Gasteiger partial charge in [0.05, 0.1) is 8.07 Å². The minimum atomic E-state index is -1.42. The van der Waals surface area contributed by atoms with Crippen LogP contribution in [0.4, 0.5) is 0 Å². The average molecular weight is 823 g/mol. The van der Waals surface area contributed by atoms with Crippen LogP contribution in [0.1, 0.15) is 44.7 Å². The van der Waals surface area contributed by atoms with E-state index in [1.54, 1.807) is 0 Å². The third-order valence-electron chi connectivity index (χ3n) is 8.89. The van der Waals surface area contributed by atoms with Gasteiger partial charge in [-0.2, -0.15) is 0 Å². The van der Waals surface area contributed by atoms with E-state index in [0.29, 0.717) is 5.92 Å². The van der Waals surface area contributed by atoms with Crippen molar-refractivity contribution in [2.24, 2.45) is 5.41 Å². The topological polar surface area (TPSA) is 25.8 Å². The van der Waals surface area contributed by atoms with Gasteiger partial charge in [-0.05, 0) is 62.6 Å². The molecule has 0 aliphatic rings. The summed E-state index contributed by atoms with van der Waals surface area (Å²) >= 11 is 0. The first-order chi connectivity index (χ1) is 22.4. The molecule has 1 atom stereocenters. The smallest absolute Gasteiger partial charge is 0.0799 e. The summed E-state index contributed by atoms with van der Waals surface area (Å²) in [6.07, 6.45) is 4.07. The third-order valence-corrected chi connectivity index (χ3v) is 10.9. The van der Waals surface area contributed by atoms with Crippen LogP contribution in [-0.4, -0.2) is 18.0 Å². The van der Waals surface area contributed by atoms with Crippen LogP contribution < -0.4 is 5.19 Å². The van der Waals surface area contributed by atoms with Gasteiger partial charge in [0.2, 0.25) is 0 Å². The van der Waals surface area contributed by atoms with Crippen molar-refractivity contribution >= 4 is 13.3 Å². The van der Waals surface area contributed by atoms with Gasteiger partial charge in [-0.25, -0.2) is 0 Å². The molecule has 2 nitrogen and oxygen atoms in total. The standard InChI is InChI=1S/C24H18N.C20H28NSi.Ir/c1-18-17-25-24(22-10-6-3-7-11-22)16-23(18)21-14-12-20(13-15-21)19-8-4-2-5-9-19;1-15(20(2,3)4)17-13-18(16-11-9-8-10-12-16)21-14-19(17)22(5,6)7;/h2-10,12-17H,1H3;8-11,13-15H,1-7H3;/q2*-1;. The first-order valence-corrected chi connectivity index (χ1v) is 20.0. The van der Waals surface area contributed by atoms with Crippen LogP contribution in [0.5, 0.6) is 0 Å². The molecule has 2 heterocycles. The molecule has 0 fully saturated rings. The summed E-state index contributed by atoms with van der Waals surface area (Å²) in [5.74, 6) is 0.500. The Morgan fingerprint density at radius 2 is 1.12 bits per heavy atom. The Hall–Kier alpha value is -3.95. The molecule has 4 heteroatoms. The van der Waals surface area contributed by atoms with E-state index in [-0.39, 0.29) is 25.5 Å². The summed E-state index contributed by atoms with van der Waals surface area (Å²) in [6.45, 7) is 18.6. The number of pyridine rings is 2. The van der Waals surface area contributed by atoms with Crippen molar-refractivity contribution in [1.29, 1.82) is 0 Å². The SMILES string of the molecule is CC(c1cc(-c2[c-]cccc2)ncc1[Si](C)(C)C)C(C)(C)C.Cc1cnc(-c2[c-]cccc2)cc1-c1ccc(-c2ccccc2)cc1.[Ir]. The van der Waals surface area contributed by atoms with Crippen LogP contribution >= 0.6 is 0 Å². The Labute approximate surface area is 303 Å². The fourth-order valence-corrected chi connectivity index (χ4v) is 7.24. The van der Waals surface area contributed by atoms with Crippen LogP contribution in [0.25, 0.3) is 44.8 Å². The minimum Gasteiger partial charge on any atom is -0.305 e. The van der Waals surface area contributed by atoms with Gasteiger partial charge < -0.3 is 9.97 Å². The summed E-state index contributed by atoms with van der Waals surface area (Å²) in [6, 6.07) is 46.2. The molecular formula is C44H46IrN2Si-2. The van der Waals surface area contributed by atoms with Gasteiger partial charge in [0.25, 0.3) is 0 Å². The van der Waals surface area contributed by atoms with Gasteiger partial charge in [0.1, 0.15) is 0 Å². The molecule has 0 amide bonds. The Balaban J connectivity index is 0.000000214. The Morgan fingerprint density at radius 3 is 1.65 bits per heavy atom. The van der Waals surface area contributed by atoms with E-state index in [4.69, 9.17) is 4.98 Å². The second kappa shape index (κ2) is 16.0. The van der Waals surface area contributed by atoms with Crippen molar-refractivity contribution in [3.8, 4) is 44.8 Å². The largest absolute Gasteiger partial charge is 0.305 e. The van der Waals surface area contributed by atoms with Crippen LogP contribution in [-0.2, 0) is 20.1 Å². The number of rotatable bonds is 6. The summed E-state index contributed by atoms with van der Waals surface area (Å²) < 4.78 is 0. The molecule has 0 aliphatic carbocycles. The van der Waals surface area contributed by atoms with Crippen molar-refractivity contribution < 1.29 is 20.1 Å². The van der Waals surface area contributed by atoms with Gasteiger partial charge in [-0.1, -0.05) is 120 Å². The molecule has 0 N–H and O–H groups in total. The molecule has 6 rings (SSSR count). The quantitative estimate of drug-likeness (QED) is 0.124. The molecule has 2 aromatic heterocycles. The maximum Gasteiger partial charge on any atom is 0.0799 e. The van der Waals surface area contributed by atoms with Crippen LogP contribution in [0.3, 0.4) is 0 Å². The van der Waals surface area contributed by atoms with Crippen molar-refractivity contribution in [2.75, 3.05) is 0 Å². The van der Waals surface area contributed by atoms with Gasteiger partial charge in [-0.3, -0.25) is 0 Å². The predicted molar refractivity (Wildman–Crippen MR) is 203 cm³/mol. The van der Waals surface area contributed by atoms with Crippen molar-refractivity contribution in [3.63, 3.8) is 0 Å². The number of nitrogens with zero attached hydrogens (tertiary/aromatic N) is 2. The van der Waals surface area contributed by atoms with Gasteiger partial charge >= 0.3 is 0 Å². The first kappa shape index (κ1) is 36.9. The number of hydrogen-bond acceptors (Lipinski definition) is 2. The van der Waals surface area contributed by atoms with Crippen molar-refractivity contribution in [3.05, 3.63) is 151 Å². The van der Waals surface area contributed by atoms with E-state index in [9.17, 15) is 0 Å². The molecule has 247 valence electrons. The predicted octanol–water partition coefficient (Wildman–Crippen LogP) is 11.4. The number of hydrogen-bond donors (Lipinski definition) is 0. The molecule has 0 saturated heterocycles. The zero-order chi connectivity index (χ0) is 33.6. The first-order valence-electron chi connectivity index (χ1n) is 16.5. The maximum atomic E-state index is 4.74. The molecule has 4 aromatic carbocycles.